The minimum atomic E-state index is -1.46. The molecule has 8 heteroatoms. The lowest BCUT2D eigenvalue weighted by Gasteiger charge is -2.44. The molecule has 2 aliphatic carbocycles. The molecule has 0 amide bonds. The summed E-state index contributed by atoms with van der Waals surface area (Å²) in [4.78, 5) is 26.6. The van der Waals surface area contributed by atoms with Crippen LogP contribution in [0.2, 0.25) is 0 Å². The number of carbonyl (C=O) groups is 2. The number of esters is 2. The van der Waals surface area contributed by atoms with E-state index in [4.69, 9.17) is 28.4 Å². The summed E-state index contributed by atoms with van der Waals surface area (Å²) in [5, 5.41) is 0. The largest absolute Gasteiger partial charge is 0.408 e. The standard InChI is InChI=1S/C22H38O8/c1-7-21(25-3,26-4)29-19(23)17-14-13-15-11-9-10-12-16(15)18(17)20(24)30-22(8-2,27-5)28-6/h15-18H,7-14H2,1-6H3. The van der Waals surface area contributed by atoms with E-state index in [2.05, 4.69) is 0 Å². The van der Waals surface area contributed by atoms with Crippen molar-refractivity contribution in [3.05, 3.63) is 0 Å². The maximum atomic E-state index is 13.4. The van der Waals surface area contributed by atoms with Crippen LogP contribution >= 0.6 is 0 Å². The second-order valence-electron chi connectivity index (χ2n) is 8.15. The van der Waals surface area contributed by atoms with Gasteiger partial charge in [-0.15, -0.1) is 0 Å². The zero-order valence-electron chi connectivity index (χ0n) is 19.2. The molecule has 2 saturated carbocycles. The smallest absolute Gasteiger partial charge is 0.328 e. The van der Waals surface area contributed by atoms with E-state index in [0.29, 0.717) is 25.2 Å². The van der Waals surface area contributed by atoms with Gasteiger partial charge in [-0.05, 0) is 31.1 Å². The summed E-state index contributed by atoms with van der Waals surface area (Å²) in [6.45, 7) is 3.61. The van der Waals surface area contributed by atoms with Gasteiger partial charge in [0.25, 0.3) is 0 Å². The Morgan fingerprint density at radius 1 is 0.733 bits per heavy atom. The first-order valence-electron chi connectivity index (χ1n) is 11.0. The van der Waals surface area contributed by atoms with E-state index >= 15 is 0 Å². The van der Waals surface area contributed by atoms with Crippen LogP contribution < -0.4 is 0 Å². The van der Waals surface area contributed by atoms with Crippen LogP contribution in [0.1, 0.15) is 65.2 Å². The van der Waals surface area contributed by atoms with Gasteiger partial charge < -0.3 is 28.4 Å². The third-order valence-electron chi connectivity index (χ3n) is 6.91. The van der Waals surface area contributed by atoms with Crippen LogP contribution in [0.4, 0.5) is 0 Å². The van der Waals surface area contributed by atoms with Crippen molar-refractivity contribution in [3.8, 4) is 0 Å². The molecule has 2 rings (SSSR count). The van der Waals surface area contributed by atoms with Crippen LogP contribution in [0, 0.1) is 23.7 Å². The molecule has 0 bridgehead atoms. The van der Waals surface area contributed by atoms with Crippen molar-refractivity contribution in [2.45, 2.75) is 77.2 Å². The summed E-state index contributed by atoms with van der Waals surface area (Å²) in [5.41, 5.74) is 0. The van der Waals surface area contributed by atoms with Gasteiger partial charge in [0, 0.05) is 41.3 Å². The van der Waals surface area contributed by atoms with E-state index in [0.717, 1.165) is 32.1 Å². The predicted octanol–water partition coefficient (Wildman–Crippen LogP) is 3.62. The highest BCUT2D eigenvalue weighted by Gasteiger charge is 2.51. The summed E-state index contributed by atoms with van der Waals surface area (Å²) in [6.07, 6.45) is 6.25. The molecular weight excluding hydrogens is 392 g/mol. The summed E-state index contributed by atoms with van der Waals surface area (Å²) in [6, 6.07) is 0. The van der Waals surface area contributed by atoms with Gasteiger partial charge in [0.05, 0.1) is 11.8 Å². The fourth-order valence-corrected chi connectivity index (χ4v) is 5.05. The first kappa shape index (κ1) is 25.0. The van der Waals surface area contributed by atoms with E-state index in [1.807, 2.05) is 6.92 Å². The van der Waals surface area contributed by atoms with Gasteiger partial charge in [0.15, 0.2) is 0 Å². The molecule has 0 saturated heterocycles. The molecule has 4 atom stereocenters. The third-order valence-corrected chi connectivity index (χ3v) is 6.91. The number of fused-ring (bicyclic) bond motifs is 1. The average Bonchev–Trinajstić information content (AvgIpc) is 2.80. The molecule has 0 aromatic carbocycles. The number of hydrogen-bond acceptors (Lipinski definition) is 8. The Bertz CT molecular complexity index is 553. The maximum absolute atomic E-state index is 13.4. The number of carbonyl (C=O) groups excluding carboxylic acids is 2. The Hall–Kier alpha value is -1.22. The van der Waals surface area contributed by atoms with Crippen LogP contribution in [0.15, 0.2) is 0 Å². The summed E-state index contributed by atoms with van der Waals surface area (Å²) < 4.78 is 32.7. The molecule has 0 spiro atoms. The van der Waals surface area contributed by atoms with E-state index in [-0.39, 0.29) is 5.92 Å². The minimum Gasteiger partial charge on any atom is -0.408 e. The monoisotopic (exact) mass is 430 g/mol. The van der Waals surface area contributed by atoms with Gasteiger partial charge in [-0.1, -0.05) is 33.1 Å². The van der Waals surface area contributed by atoms with Gasteiger partial charge in [-0.25, -0.2) is 0 Å². The van der Waals surface area contributed by atoms with E-state index in [1.165, 1.54) is 28.4 Å². The topological polar surface area (TPSA) is 89.5 Å². The summed E-state index contributed by atoms with van der Waals surface area (Å²) in [5.74, 6) is -4.66. The van der Waals surface area contributed by atoms with E-state index in [1.54, 1.807) is 6.92 Å². The average molecular weight is 431 g/mol. The van der Waals surface area contributed by atoms with Crippen molar-refractivity contribution in [3.63, 3.8) is 0 Å². The van der Waals surface area contributed by atoms with E-state index in [9.17, 15) is 9.59 Å². The van der Waals surface area contributed by atoms with Crippen LogP contribution in [0.25, 0.3) is 0 Å². The quantitative estimate of drug-likeness (QED) is 0.383. The molecule has 30 heavy (non-hydrogen) atoms. The molecule has 0 N–H and O–H groups in total. The Morgan fingerprint density at radius 3 is 1.73 bits per heavy atom. The van der Waals surface area contributed by atoms with Gasteiger partial charge in [0.1, 0.15) is 0 Å². The second-order valence-corrected chi connectivity index (χ2v) is 8.15. The molecular formula is C22H38O8. The lowest BCUT2D eigenvalue weighted by atomic mass is 9.61. The number of ether oxygens (including phenoxy) is 6. The molecule has 174 valence electrons. The van der Waals surface area contributed by atoms with Crippen LogP contribution in [-0.4, -0.2) is 52.3 Å². The van der Waals surface area contributed by atoms with Gasteiger partial charge in [0.2, 0.25) is 0 Å². The molecule has 2 fully saturated rings. The van der Waals surface area contributed by atoms with E-state index < -0.39 is 35.7 Å². The zero-order valence-corrected chi connectivity index (χ0v) is 19.2. The lowest BCUT2D eigenvalue weighted by Crippen LogP contribution is -2.50. The number of hydrogen-bond donors (Lipinski definition) is 0. The normalized spacial score (nSPS) is 27.3. The summed E-state index contributed by atoms with van der Waals surface area (Å²) in [7, 11) is 5.72. The third kappa shape index (κ3) is 5.15. The van der Waals surface area contributed by atoms with Gasteiger partial charge >= 0.3 is 23.9 Å². The maximum Gasteiger partial charge on any atom is 0.328 e. The Labute approximate surface area is 179 Å². The zero-order chi connectivity index (χ0) is 22.4. The van der Waals surface area contributed by atoms with Crippen molar-refractivity contribution in [1.82, 2.24) is 0 Å². The van der Waals surface area contributed by atoms with Gasteiger partial charge in [-0.2, -0.15) is 0 Å². The number of rotatable bonds is 10. The molecule has 4 unspecified atom stereocenters. The molecule has 0 heterocycles. The molecule has 2 aliphatic rings. The Morgan fingerprint density at radius 2 is 1.23 bits per heavy atom. The fraction of sp³-hybridized carbons (Fsp3) is 0.909. The van der Waals surface area contributed by atoms with Gasteiger partial charge in [-0.3, -0.25) is 9.59 Å². The predicted molar refractivity (Wildman–Crippen MR) is 108 cm³/mol. The highest BCUT2D eigenvalue weighted by molar-refractivity contribution is 5.83. The number of methoxy groups -OCH3 is 4. The molecule has 0 aromatic rings. The van der Waals surface area contributed by atoms with Crippen molar-refractivity contribution < 1.29 is 38.0 Å². The van der Waals surface area contributed by atoms with Crippen molar-refractivity contribution in [2.75, 3.05) is 28.4 Å². The first-order chi connectivity index (χ1) is 14.3. The minimum absolute atomic E-state index is 0.0712. The molecule has 0 aromatic heterocycles. The highest BCUT2D eigenvalue weighted by atomic mass is 16.9. The SMILES string of the molecule is CCC(OC)(OC)OC(=O)C1CCC2CCCCC2C1C(=O)OC(CC)(OC)OC. The van der Waals surface area contributed by atoms with Crippen molar-refractivity contribution >= 4 is 11.9 Å². The Balaban J connectivity index is 2.30. The summed E-state index contributed by atoms with van der Waals surface area (Å²) >= 11 is 0. The lowest BCUT2D eigenvalue weighted by molar-refractivity contribution is -0.352. The van der Waals surface area contributed by atoms with Crippen LogP contribution in [-0.2, 0) is 38.0 Å². The fourth-order valence-electron chi connectivity index (χ4n) is 5.05. The van der Waals surface area contributed by atoms with Crippen LogP contribution in [0.3, 0.4) is 0 Å². The van der Waals surface area contributed by atoms with Crippen molar-refractivity contribution in [2.24, 2.45) is 23.7 Å². The molecule has 0 aliphatic heterocycles. The van der Waals surface area contributed by atoms with Crippen molar-refractivity contribution in [1.29, 1.82) is 0 Å². The van der Waals surface area contributed by atoms with Crippen LogP contribution in [0.5, 0.6) is 0 Å². The highest BCUT2D eigenvalue weighted by Crippen LogP contribution is 2.48. The molecule has 0 radical (unpaired) electrons. The molecule has 8 nitrogen and oxygen atoms in total. The Kier molecular flexibility index (Phi) is 9.09. The first-order valence-corrected chi connectivity index (χ1v) is 11.0. The second kappa shape index (κ2) is 10.9.